The smallest absolute Gasteiger partial charge is 0.180 e. The number of alkyl halides is 1. The fraction of sp³-hybridized carbons (Fsp3) is 0.0714. The summed E-state index contributed by atoms with van der Waals surface area (Å²) >= 11 is 3.36. The van der Waals surface area contributed by atoms with Gasteiger partial charge in [-0.1, -0.05) is 46.3 Å². The maximum atomic E-state index is 12.8. The first-order valence-corrected chi connectivity index (χ1v) is 6.09. The first-order valence-electron chi connectivity index (χ1n) is 5.17. The van der Waals surface area contributed by atoms with Gasteiger partial charge in [-0.15, -0.1) is 0 Å². The summed E-state index contributed by atoms with van der Waals surface area (Å²) in [6.07, 6.45) is 0. The predicted molar refractivity (Wildman–Crippen MR) is 68.8 cm³/mol. The van der Waals surface area contributed by atoms with E-state index in [0.29, 0.717) is 5.56 Å². The Kier molecular flexibility index (Phi) is 3.69. The minimum absolute atomic E-state index is 0.0730. The van der Waals surface area contributed by atoms with Crippen molar-refractivity contribution in [3.05, 3.63) is 71.5 Å². The molecule has 0 radical (unpaired) electrons. The van der Waals surface area contributed by atoms with Crippen LogP contribution in [0.3, 0.4) is 0 Å². The lowest BCUT2D eigenvalue weighted by Crippen LogP contribution is -2.06. The summed E-state index contributed by atoms with van der Waals surface area (Å²) in [6.45, 7) is 0. The number of ketones is 1. The molecule has 0 aromatic heterocycles. The molecule has 17 heavy (non-hydrogen) atoms. The van der Waals surface area contributed by atoms with Gasteiger partial charge in [-0.2, -0.15) is 0 Å². The zero-order valence-corrected chi connectivity index (χ0v) is 10.5. The van der Waals surface area contributed by atoms with E-state index < -0.39 is 4.83 Å². The summed E-state index contributed by atoms with van der Waals surface area (Å²) in [4.78, 5) is 11.7. The summed E-state index contributed by atoms with van der Waals surface area (Å²) in [6, 6.07) is 15.0. The SMILES string of the molecule is O=C(c1ccc(F)cc1)[C@@H](Br)c1ccccc1. The van der Waals surface area contributed by atoms with E-state index in [-0.39, 0.29) is 11.6 Å². The van der Waals surface area contributed by atoms with Crippen LogP contribution in [0.25, 0.3) is 0 Å². The Bertz CT molecular complexity index is 508. The lowest BCUT2D eigenvalue weighted by molar-refractivity contribution is 0.0991. The summed E-state index contributed by atoms with van der Waals surface area (Å²) in [5, 5.41) is 0. The van der Waals surface area contributed by atoms with E-state index in [1.807, 2.05) is 30.3 Å². The first-order chi connectivity index (χ1) is 8.18. The van der Waals surface area contributed by atoms with Crippen LogP contribution in [0.5, 0.6) is 0 Å². The number of carbonyl (C=O) groups is 1. The average molecular weight is 293 g/mol. The van der Waals surface area contributed by atoms with Gasteiger partial charge in [-0.3, -0.25) is 4.79 Å². The number of rotatable bonds is 3. The zero-order valence-electron chi connectivity index (χ0n) is 8.94. The monoisotopic (exact) mass is 292 g/mol. The van der Waals surface area contributed by atoms with Crippen molar-refractivity contribution in [1.82, 2.24) is 0 Å². The Morgan fingerprint density at radius 2 is 1.59 bits per heavy atom. The molecule has 0 amide bonds. The molecule has 86 valence electrons. The summed E-state index contributed by atoms with van der Waals surface area (Å²) < 4.78 is 12.8. The molecule has 0 heterocycles. The van der Waals surface area contributed by atoms with E-state index in [0.717, 1.165) is 5.56 Å². The molecule has 0 aliphatic rings. The van der Waals surface area contributed by atoms with Crippen molar-refractivity contribution in [3.63, 3.8) is 0 Å². The van der Waals surface area contributed by atoms with Crippen LogP contribution < -0.4 is 0 Å². The van der Waals surface area contributed by atoms with Gasteiger partial charge in [0.25, 0.3) is 0 Å². The molecule has 1 nitrogen and oxygen atoms in total. The van der Waals surface area contributed by atoms with Crippen molar-refractivity contribution in [2.45, 2.75) is 4.83 Å². The van der Waals surface area contributed by atoms with E-state index in [9.17, 15) is 9.18 Å². The molecule has 0 unspecified atom stereocenters. The lowest BCUT2D eigenvalue weighted by atomic mass is 10.0. The molecule has 2 aromatic rings. The topological polar surface area (TPSA) is 17.1 Å². The van der Waals surface area contributed by atoms with E-state index in [1.165, 1.54) is 24.3 Å². The Labute approximate surface area is 107 Å². The van der Waals surface area contributed by atoms with Crippen LogP contribution >= 0.6 is 15.9 Å². The molecule has 0 spiro atoms. The van der Waals surface area contributed by atoms with Crippen LogP contribution in [-0.2, 0) is 0 Å². The molecule has 0 N–H and O–H groups in total. The minimum atomic E-state index is -0.394. The van der Waals surface area contributed by atoms with Crippen LogP contribution in [-0.4, -0.2) is 5.78 Å². The van der Waals surface area contributed by atoms with Crippen molar-refractivity contribution in [3.8, 4) is 0 Å². The van der Waals surface area contributed by atoms with Gasteiger partial charge in [-0.25, -0.2) is 4.39 Å². The second-order valence-corrected chi connectivity index (χ2v) is 4.56. The summed E-state index contributed by atoms with van der Waals surface area (Å²) in [5.74, 6) is -0.413. The fourth-order valence-electron chi connectivity index (χ4n) is 1.53. The van der Waals surface area contributed by atoms with Gasteiger partial charge in [0.15, 0.2) is 5.78 Å². The molecule has 0 bridgehead atoms. The summed E-state index contributed by atoms with van der Waals surface area (Å²) in [7, 11) is 0. The highest BCUT2D eigenvalue weighted by atomic mass is 79.9. The van der Waals surface area contributed by atoms with Gasteiger partial charge in [0, 0.05) is 5.56 Å². The van der Waals surface area contributed by atoms with Crippen molar-refractivity contribution in [2.75, 3.05) is 0 Å². The molecular formula is C14H10BrFO. The third kappa shape index (κ3) is 2.80. The molecule has 2 aromatic carbocycles. The molecular weight excluding hydrogens is 283 g/mol. The average Bonchev–Trinajstić information content (AvgIpc) is 2.39. The van der Waals surface area contributed by atoms with Crippen LogP contribution in [0, 0.1) is 5.82 Å². The van der Waals surface area contributed by atoms with Crippen LogP contribution in [0.1, 0.15) is 20.7 Å². The molecule has 1 atom stereocenters. The molecule has 0 aliphatic carbocycles. The van der Waals surface area contributed by atoms with Crippen LogP contribution in [0.2, 0.25) is 0 Å². The van der Waals surface area contributed by atoms with Crippen molar-refractivity contribution < 1.29 is 9.18 Å². The number of benzene rings is 2. The normalized spacial score (nSPS) is 12.1. The lowest BCUT2D eigenvalue weighted by Gasteiger charge is -2.08. The highest BCUT2D eigenvalue weighted by molar-refractivity contribution is 9.09. The van der Waals surface area contributed by atoms with Crippen molar-refractivity contribution in [2.24, 2.45) is 0 Å². The Hall–Kier alpha value is -1.48. The molecule has 2 rings (SSSR count). The van der Waals surface area contributed by atoms with Gasteiger partial charge in [0.2, 0.25) is 0 Å². The van der Waals surface area contributed by atoms with Gasteiger partial charge in [0.1, 0.15) is 10.6 Å². The minimum Gasteiger partial charge on any atom is -0.293 e. The summed E-state index contributed by atoms with van der Waals surface area (Å²) in [5.41, 5.74) is 1.39. The number of hydrogen-bond acceptors (Lipinski definition) is 1. The van der Waals surface area contributed by atoms with Crippen LogP contribution in [0.4, 0.5) is 4.39 Å². The second kappa shape index (κ2) is 5.23. The van der Waals surface area contributed by atoms with Gasteiger partial charge in [-0.05, 0) is 29.8 Å². The highest BCUT2D eigenvalue weighted by Gasteiger charge is 2.18. The zero-order chi connectivity index (χ0) is 12.3. The Morgan fingerprint density at radius 3 is 2.18 bits per heavy atom. The van der Waals surface area contributed by atoms with Gasteiger partial charge >= 0.3 is 0 Å². The number of halogens is 2. The third-order valence-corrected chi connectivity index (χ3v) is 3.40. The first kappa shape index (κ1) is 12.0. The number of Topliss-reactive ketones (excluding diaryl/α,β-unsaturated/α-hetero) is 1. The van der Waals surface area contributed by atoms with E-state index >= 15 is 0 Å². The number of carbonyl (C=O) groups excluding carboxylic acids is 1. The number of hydrogen-bond donors (Lipinski definition) is 0. The largest absolute Gasteiger partial charge is 0.293 e. The molecule has 0 saturated carbocycles. The van der Waals surface area contributed by atoms with E-state index in [4.69, 9.17) is 0 Å². The molecule has 3 heteroatoms. The van der Waals surface area contributed by atoms with Gasteiger partial charge in [0.05, 0.1) is 0 Å². The van der Waals surface area contributed by atoms with E-state index in [1.54, 1.807) is 0 Å². The second-order valence-electron chi connectivity index (χ2n) is 3.64. The standard InChI is InChI=1S/C14H10BrFO/c15-13(10-4-2-1-3-5-10)14(17)11-6-8-12(16)9-7-11/h1-9,13H/t13-/m0/s1. The van der Waals surface area contributed by atoms with E-state index in [2.05, 4.69) is 15.9 Å². The Balaban J connectivity index is 2.23. The highest BCUT2D eigenvalue weighted by Crippen LogP contribution is 2.26. The molecule has 0 aliphatic heterocycles. The fourth-order valence-corrected chi connectivity index (χ4v) is 2.10. The van der Waals surface area contributed by atoms with Crippen LogP contribution in [0.15, 0.2) is 54.6 Å². The van der Waals surface area contributed by atoms with Gasteiger partial charge < -0.3 is 0 Å². The quantitative estimate of drug-likeness (QED) is 0.614. The molecule has 0 fully saturated rings. The molecule has 0 saturated heterocycles. The van der Waals surface area contributed by atoms with Crippen molar-refractivity contribution >= 4 is 21.7 Å². The Morgan fingerprint density at radius 1 is 1.00 bits per heavy atom. The third-order valence-electron chi connectivity index (χ3n) is 2.45. The predicted octanol–water partition coefficient (Wildman–Crippen LogP) is 4.14. The maximum Gasteiger partial charge on any atom is 0.180 e. The maximum absolute atomic E-state index is 12.8. The van der Waals surface area contributed by atoms with Crippen molar-refractivity contribution in [1.29, 1.82) is 0 Å².